The standard InChI is InChI=1S/C12H20N4O/c1-16-7-5-9(6-8-16)14-11-4-3-10(13)12(15-11)17-2/h3-4,9H,5-8,13H2,1-2H3,(H,14,15). The summed E-state index contributed by atoms with van der Waals surface area (Å²) < 4.78 is 5.11. The molecule has 2 rings (SSSR count). The van der Waals surface area contributed by atoms with E-state index in [1.165, 1.54) is 0 Å². The molecule has 1 saturated heterocycles. The zero-order chi connectivity index (χ0) is 12.3. The highest BCUT2D eigenvalue weighted by Gasteiger charge is 2.16. The van der Waals surface area contributed by atoms with Crippen molar-refractivity contribution in [3.05, 3.63) is 12.1 Å². The molecule has 1 fully saturated rings. The first-order valence-electron chi connectivity index (χ1n) is 5.94. The maximum atomic E-state index is 5.73. The Hall–Kier alpha value is -1.49. The number of hydrogen-bond acceptors (Lipinski definition) is 5. The molecular formula is C12H20N4O. The van der Waals surface area contributed by atoms with Crippen LogP contribution in [-0.2, 0) is 0 Å². The molecule has 5 heteroatoms. The molecule has 1 aromatic rings. The van der Waals surface area contributed by atoms with Crippen LogP contribution in [0, 0.1) is 0 Å². The molecule has 2 heterocycles. The molecule has 3 N–H and O–H groups in total. The summed E-state index contributed by atoms with van der Waals surface area (Å²) in [5.41, 5.74) is 6.30. The van der Waals surface area contributed by atoms with Gasteiger partial charge < -0.3 is 20.7 Å². The number of nitrogens with two attached hydrogens (primary N) is 1. The van der Waals surface area contributed by atoms with Crippen LogP contribution in [0.25, 0.3) is 0 Å². The molecule has 5 nitrogen and oxygen atoms in total. The van der Waals surface area contributed by atoms with Gasteiger partial charge in [0, 0.05) is 6.04 Å². The summed E-state index contributed by atoms with van der Waals surface area (Å²) in [7, 11) is 3.73. The Labute approximate surface area is 102 Å². The summed E-state index contributed by atoms with van der Waals surface area (Å²) in [6.45, 7) is 2.26. The number of likely N-dealkylation sites (tertiary alicyclic amines) is 1. The quantitative estimate of drug-likeness (QED) is 0.825. The number of rotatable bonds is 3. The normalized spacial score (nSPS) is 18.0. The Morgan fingerprint density at radius 1 is 1.41 bits per heavy atom. The summed E-state index contributed by atoms with van der Waals surface area (Å²) in [5.74, 6) is 1.33. The van der Waals surface area contributed by atoms with E-state index in [1.54, 1.807) is 7.11 Å². The third kappa shape index (κ3) is 3.00. The maximum absolute atomic E-state index is 5.73. The third-order valence-electron chi connectivity index (χ3n) is 3.15. The van der Waals surface area contributed by atoms with Gasteiger partial charge in [-0.1, -0.05) is 0 Å². The smallest absolute Gasteiger partial charge is 0.238 e. The number of piperidine rings is 1. The van der Waals surface area contributed by atoms with Crippen LogP contribution < -0.4 is 15.8 Å². The van der Waals surface area contributed by atoms with Crippen LogP contribution in [0.3, 0.4) is 0 Å². The Morgan fingerprint density at radius 3 is 2.76 bits per heavy atom. The monoisotopic (exact) mass is 236 g/mol. The van der Waals surface area contributed by atoms with Gasteiger partial charge in [0.2, 0.25) is 5.88 Å². The number of pyridine rings is 1. The lowest BCUT2D eigenvalue weighted by Crippen LogP contribution is -2.36. The van der Waals surface area contributed by atoms with Crippen molar-refractivity contribution in [3.63, 3.8) is 0 Å². The highest BCUT2D eigenvalue weighted by molar-refractivity contribution is 5.53. The molecule has 0 unspecified atom stereocenters. The minimum Gasteiger partial charge on any atom is -0.479 e. The van der Waals surface area contributed by atoms with Crippen molar-refractivity contribution in [3.8, 4) is 5.88 Å². The van der Waals surface area contributed by atoms with Crippen LogP contribution in [0.15, 0.2) is 12.1 Å². The van der Waals surface area contributed by atoms with Gasteiger partial charge >= 0.3 is 0 Å². The van der Waals surface area contributed by atoms with E-state index in [-0.39, 0.29) is 0 Å². The fraction of sp³-hybridized carbons (Fsp3) is 0.583. The fourth-order valence-corrected chi connectivity index (χ4v) is 2.06. The number of nitrogen functional groups attached to an aromatic ring is 1. The minimum absolute atomic E-state index is 0.489. The lowest BCUT2D eigenvalue weighted by Gasteiger charge is -2.29. The number of anilines is 2. The second-order valence-corrected chi connectivity index (χ2v) is 4.52. The second-order valence-electron chi connectivity index (χ2n) is 4.52. The van der Waals surface area contributed by atoms with Crippen LogP contribution in [0.4, 0.5) is 11.5 Å². The van der Waals surface area contributed by atoms with Crippen molar-refractivity contribution in [2.75, 3.05) is 38.3 Å². The van der Waals surface area contributed by atoms with Gasteiger partial charge in [0.25, 0.3) is 0 Å². The van der Waals surface area contributed by atoms with E-state index in [4.69, 9.17) is 10.5 Å². The number of methoxy groups -OCH3 is 1. The van der Waals surface area contributed by atoms with E-state index in [0.717, 1.165) is 31.7 Å². The van der Waals surface area contributed by atoms with E-state index in [2.05, 4.69) is 22.2 Å². The molecule has 17 heavy (non-hydrogen) atoms. The molecule has 94 valence electrons. The van der Waals surface area contributed by atoms with Crippen LogP contribution >= 0.6 is 0 Å². The molecule has 1 aliphatic heterocycles. The Balaban J connectivity index is 1.99. The minimum atomic E-state index is 0.489. The Bertz CT molecular complexity index is 375. The van der Waals surface area contributed by atoms with Crippen molar-refractivity contribution in [1.29, 1.82) is 0 Å². The van der Waals surface area contributed by atoms with E-state index in [9.17, 15) is 0 Å². The summed E-state index contributed by atoms with van der Waals surface area (Å²) in [6.07, 6.45) is 2.29. The van der Waals surface area contributed by atoms with Gasteiger partial charge in [-0.15, -0.1) is 0 Å². The second kappa shape index (κ2) is 5.23. The lowest BCUT2D eigenvalue weighted by molar-refractivity contribution is 0.263. The molecule has 0 radical (unpaired) electrons. The predicted octanol–water partition coefficient (Wildman–Crippen LogP) is 1.18. The van der Waals surface area contributed by atoms with Crippen molar-refractivity contribution in [2.45, 2.75) is 18.9 Å². The van der Waals surface area contributed by atoms with Crippen LogP contribution in [-0.4, -0.2) is 43.2 Å². The van der Waals surface area contributed by atoms with Crippen LogP contribution in [0.5, 0.6) is 5.88 Å². The Morgan fingerprint density at radius 2 is 2.12 bits per heavy atom. The third-order valence-corrected chi connectivity index (χ3v) is 3.15. The highest BCUT2D eigenvalue weighted by atomic mass is 16.5. The zero-order valence-corrected chi connectivity index (χ0v) is 10.4. The average Bonchev–Trinajstić information content (AvgIpc) is 2.34. The van der Waals surface area contributed by atoms with Crippen molar-refractivity contribution >= 4 is 11.5 Å². The van der Waals surface area contributed by atoms with Crippen molar-refractivity contribution in [2.24, 2.45) is 0 Å². The SMILES string of the molecule is COc1nc(NC2CCN(C)CC2)ccc1N. The summed E-state index contributed by atoms with van der Waals surface area (Å²) >= 11 is 0. The maximum Gasteiger partial charge on any atom is 0.238 e. The first-order chi connectivity index (χ1) is 8.19. The number of aromatic nitrogens is 1. The summed E-state index contributed by atoms with van der Waals surface area (Å²) in [5, 5.41) is 3.43. The predicted molar refractivity (Wildman–Crippen MR) is 69.3 cm³/mol. The van der Waals surface area contributed by atoms with E-state index in [0.29, 0.717) is 17.6 Å². The van der Waals surface area contributed by atoms with E-state index < -0.39 is 0 Å². The average molecular weight is 236 g/mol. The summed E-state index contributed by atoms with van der Waals surface area (Å²) in [4.78, 5) is 6.67. The van der Waals surface area contributed by atoms with Gasteiger partial charge in [-0.3, -0.25) is 0 Å². The van der Waals surface area contributed by atoms with Gasteiger partial charge in [0.15, 0.2) is 0 Å². The Kier molecular flexibility index (Phi) is 3.68. The number of ether oxygens (including phenoxy) is 1. The van der Waals surface area contributed by atoms with Gasteiger partial charge in [0.1, 0.15) is 5.82 Å². The first-order valence-corrected chi connectivity index (χ1v) is 5.94. The molecule has 1 aromatic heterocycles. The number of nitrogens with zero attached hydrogens (tertiary/aromatic N) is 2. The molecule has 1 aliphatic rings. The van der Waals surface area contributed by atoms with Crippen LogP contribution in [0.1, 0.15) is 12.8 Å². The van der Waals surface area contributed by atoms with Gasteiger partial charge in [0.05, 0.1) is 12.8 Å². The molecular weight excluding hydrogens is 216 g/mol. The molecule has 0 amide bonds. The molecule has 0 aliphatic carbocycles. The van der Waals surface area contributed by atoms with E-state index >= 15 is 0 Å². The zero-order valence-electron chi connectivity index (χ0n) is 10.4. The van der Waals surface area contributed by atoms with Gasteiger partial charge in [-0.05, 0) is 45.1 Å². The largest absolute Gasteiger partial charge is 0.479 e. The molecule has 0 aromatic carbocycles. The van der Waals surface area contributed by atoms with Gasteiger partial charge in [-0.25, -0.2) is 0 Å². The van der Waals surface area contributed by atoms with Gasteiger partial charge in [-0.2, -0.15) is 4.98 Å². The molecule has 0 bridgehead atoms. The van der Waals surface area contributed by atoms with Crippen molar-refractivity contribution in [1.82, 2.24) is 9.88 Å². The number of nitrogens with one attached hydrogen (secondary N) is 1. The molecule has 0 spiro atoms. The fourth-order valence-electron chi connectivity index (χ4n) is 2.06. The first kappa shape index (κ1) is 12.0. The molecule has 0 saturated carbocycles. The number of hydrogen-bond donors (Lipinski definition) is 2. The lowest BCUT2D eigenvalue weighted by atomic mass is 10.1. The summed E-state index contributed by atoms with van der Waals surface area (Å²) in [6, 6.07) is 4.21. The van der Waals surface area contributed by atoms with Crippen LogP contribution in [0.2, 0.25) is 0 Å². The topological polar surface area (TPSA) is 63.4 Å². The van der Waals surface area contributed by atoms with Crippen molar-refractivity contribution < 1.29 is 4.74 Å². The highest BCUT2D eigenvalue weighted by Crippen LogP contribution is 2.22. The molecule has 0 atom stereocenters. The van der Waals surface area contributed by atoms with E-state index in [1.807, 2.05) is 12.1 Å².